The van der Waals surface area contributed by atoms with Crippen LogP contribution in [0, 0.1) is 10.5 Å². The van der Waals surface area contributed by atoms with Crippen LogP contribution in [0.15, 0.2) is 18.2 Å². The molecule has 0 N–H and O–H groups in total. The van der Waals surface area contributed by atoms with Gasteiger partial charge in [-0.25, -0.2) is 9.97 Å². The molecule has 5 heteroatoms. The number of hydrogen-bond acceptors (Lipinski definition) is 3. The third-order valence-corrected chi connectivity index (χ3v) is 5.33. The fourth-order valence-electron chi connectivity index (χ4n) is 2.36. The summed E-state index contributed by atoms with van der Waals surface area (Å²) in [6.45, 7) is 3.03. The van der Waals surface area contributed by atoms with Crippen molar-refractivity contribution in [2.24, 2.45) is 0 Å². The van der Waals surface area contributed by atoms with Gasteiger partial charge in [-0.05, 0) is 59.7 Å². The normalized spacial score (nSPS) is 13.8. The quantitative estimate of drug-likeness (QED) is 0.554. The summed E-state index contributed by atoms with van der Waals surface area (Å²) in [7, 11) is 2.12. The van der Waals surface area contributed by atoms with Gasteiger partial charge < -0.3 is 4.90 Å². The van der Waals surface area contributed by atoms with Crippen molar-refractivity contribution < 1.29 is 0 Å². The van der Waals surface area contributed by atoms with E-state index in [4.69, 9.17) is 11.6 Å². The van der Waals surface area contributed by atoms with Crippen molar-refractivity contribution in [3.05, 3.63) is 38.2 Å². The van der Waals surface area contributed by atoms with Crippen LogP contribution < -0.4 is 4.90 Å². The van der Waals surface area contributed by atoms with Gasteiger partial charge in [0, 0.05) is 24.8 Å². The van der Waals surface area contributed by atoms with Crippen LogP contribution in [0.1, 0.15) is 11.3 Å². The summed E-state index contributed by atoms with van der Waals surface area (Å²) in [6, 6.07) is 6.39. The van der Waals surface area contributed by atoms with Crippen molar-refractivity contribution in [1.82, 2.24) is 9.97 Å². The van der Waals surface area contributed by atoms with Crippen LogP contribution in [0.4, 0.5) is 5.69 Å². The summed E-state index contributed by atoms with van der Waals surface area (Å²) >= 11 is 8.32. The third kappa shape index (κ3) is 2.31. The molecule has 0 aliphatic carbocycles. The SMILES string of the molecule is Cc1nc(-c2ccc3c(c2)CCN3C)nc(Cl)c1I. The van der Waals surface area contributed by atoms with Crippen LogP contribution in [0.2, 0.25) is 5.15 Å². The molecule has 0 saturated heterocycles. The number of anilines is 1. The van der Waals surface area contributed by atoms with E-state index in [-0.39, 0.29) is 0 Å². The van der Waals surface area contributed by atoms with E-state index in [0.717, 1.165) is 27.8 Å². The molecule has 0 radical (unpaired) electrons. The summed E-state index contributed by atoms with van der Waals surface area (Å²) in [6.07, 6.45) is 1.08. The van der Waals surface area contributed by atoms with Gasteiger partial charge in [0.1, 0.15) is 5.15 Å². The standard InChI is InChI=1S/C14H13ClIN3/c1-8-12(16)13(15)18-14(17-8)10-3-4-11-9(7-10)5-6-19(11)2/h3-4,7H,5-6H2,1-2H3. The van der Waals surface area contributed by atoms with Gasteiger partial charge in [0.2, 0.25) is 0 Å². The van der Waals surface area contributed by atoms with Gasteiger partial charge in [0.15, 0.2) is 5.82 Å². The summed E-state index contributed by atoms with van der Waals surface area (Å²) in [5.41, 5.74) is 4.62. The first kappa shape index (κ1) is 13.1. The Hall–Kier alpha value is -0.880. The molecule has 0 atom stereocenters. The highest BCUT2D eigenvalue weighted by atomic mass is 127. The first-order valence-corrected chi connectivity index (χ1v) is 7.56. The Balaban J connectivity index is 2.08. The van der Waals surface area contributed by atoms with Crippen LogP contribution >= 0.6 is 34.2 Å². The van der Waals surface area contributed by atoms with Gasteiger partial charge in [-0.15, -0.1) is 0 Å². The lowest BCUT2D eigenvalue weighted by molar-refractivity contribution is 0.956. The Bertz CT molecular complexity index is 634. The average Bonchev–Trinajstić information content (AvgIpc) is 2.76. The van der Waals surface area contributed by atoms with Crippen LogP contribution in [0.5, 0.6) is 0 Å². The number of likely N-dealkylation sites (N-methyl/N-ethyl adjacent to an activating group) is 1. The predicted molar refractivity (Wildman–Crippen MR) is 86.9 cm³/mol. The molecule has 1 aromatic carbocycles. The lowest BCUT2D eigenvalue weighted by Gasteiger charge is -2.12. The molecule has 98 valence electrons. The summed E-state index contributed by atoms with van der Waals surface area (Å²) in [4.78, 5) is 11.2. The summed E-state index contributed by atoms with van der Waals surface area (Å²) < 4.78 is 0.920. The monoisotopic (exact) mass is 385 g/mol. The Morgan fingerprint density at radius 2 is 2.11 bits per heavy atom. The zero-order valence-electron chi connectivity index (χ0n) is 10.7. The lowest BCUT2D eigenvalue weighted by Crippen LogP contribution is -2.12. The van der Waals surface area contributed by atoms with Gasteiger partial charge in [-0.1, -0.05) is 11.6 Å². The number of aryl methyl sites for hydroxylation is 1. The molecule has 0 fully saturated rings. The number of rotatable bonds is 1. The van der Waals surface area contributed by atoms with Crippen LogP contribution in [0.25, 0.3) is 11.4 Å². The molecule has 1 aliphatic rings. The molecular formula is C14H13ClIN3. The van der Waals surface area contributed by atoms with Crippen molar-refractivity contribution in [2.75, 3.05) is 18.5 Å². The molecule has 0 bridgehead atoms. The Morgan fingerprint density at radius 3 is 2.84 bits per heavy atom. The molecule has 2 heterocycles. The number of hydrogen-bond donors (Lipinski definition) is 0. The van der Waals surface area contributed by atoms with Crippen molar-refractivity contribution in [1.29, 1.82) is 0 Å². The fourth-order valence-corrected chi connectivity index (χ4v) is 2.82. The minimum atomic E-state index is 0.528. The maximum Gasteiger partial charge on any atom is 0.161 e. The lowest BCUT2D eigenvalue weighted by atomic mass is 10.1. The molecule has 0 saturated carbocycles. The van der Waals surface area contributed by atoms with E-state index in [1.165, 1.54) is 11.3 Å². The maximum atomic E-state index is 6.14. The highest BCUT2D eigenvalue weighted by Crippen LogP contribution is 2.31. The van der Waals surface area contributed by atoms with Gasteiger partial charge in [0.25, 0.3) is 0 Å². The summed E-state index contributed by atoms with van der Waals surface area (Å²) in [5.74, 6) is 0.709. The van der Waals surface area contributed by atoms with Crippen molar-refractivity contribution >= 4 is 39.9 Å². The van der Waals surface area contributed by atoms with Crippen LogP contribution in [-0.4, -0.2) is 23.6 Å². The van der Waals surface area contributed by atoms with Crippen LogP contribution in [-0.2, 0) is 6.42 Å². The van der Waals surface area contributed by atoms with Gasteiger partial charge in [0.05, 0.1) is 9.26 Å². The van der Waals surface area contributed by atoms with E-state index in [1.54, 1.807) is 0 Å². The zero-order chi connectivity index (χ0) is 13.6. The number of fused-ring (bicyclic) bond motifs is 1. The Morgan fingerprint density at radius 1 is 1.32 bits per heavy atom. The minimum Gasteiger partial charge on any atom is -0.374 e. The van der Waals surface area contributed by atoms with E-state index in [9.17, 15) is 0 Å². The highest BCUT2D eigenvalue weighted by molar-refractivity contribution is 14.1. The molecule has 0 amide bonds. The molecule has 0 unspecified atom stereocenters. The second-order valence-electron chi connectivity index (χ2n) is 4.75. The van der Waals surface area contributed by atoms with Crippen LogP contribution in [0.3, 0.4) is 0 Å². The second kappa shape index (κ2) is 4.90. The predicted octanol–water partition coefficient (Wildman–Crippen LogP) is 3.70. The minimum absolute atomic E-state index is 0.528. The zero-order valence-corrected chi connectivity index (χ0v) is 13.7. The topological polar surface area (TPSA) is 29.0 Å². The van der Waals surface area contributed by atoms with Crippen molar-refractivity contribution in [3.63, 3.8) is 0 Å². The van der Waals surface area contributed by atoms with E-state index in [2.05, 4.69) is 62.7 Å². The fraction of sp³-hybridized carbons (Fsp3) is 0.286. The maximum absolute atomic E-state index is 6.14. The van der Waals surface area contributed by atoms with E-state index >= 15 is 0 Å². The third-order valence-electron chi connectivity index (χ3n) is 3.44. The molecule has 1 aliphatic heterocycles. The van der Waals surface area contributed by atoms with Gasteiger partial charge in [-0.3, -0.25) is 0 Å². The number of aromatic nitrogens is 2. The first-order valence-electron chi connectivity index (χ1n) is 6.10. The van der Waals surface area contributed by atoms with Crippen molar-refractivity contribution in [3.8, 4) is 11.4 Å². The number of halogens is 2. The average molecular weight is 386 g/mol. The summed E-state index contributed by atoms with van der Waals surface area (Å²) in [5, 5.41) is 0.528. The second-order valence-corrected chi connectivity index (χ2v) is 6.19. The molecule has 19 heavy (non-hydrogen) atoms. The Kier molecular flexibility index (Phi) is 3.39. The largest absolute Gasteiger partial charge is 0.374 e. The molecule has 3 rings (SSSR count). The van der Waals surface area contributed by atoms with Gasteiger partial charge in [-0.2, -0.15) is 0 Å². The Labute approximate surface area is 131 Å². The van der Waals surface area contributed by atoms with E-state index < -0.39 is 0 Å². The molecule has 1 aromatic heterocycles. The number of benzene rings is 1. The molecular weight excluding hydrogens is 373 g/mol. The molecule has 3 nitrogen and oxygen atoms in total. The van der Waals surface area contributed by atoms with E-state index in [0.29, 0.717) is 11.0 Å². The van der Waals surface area contributed by atoms with E-state index in [1.807, 2.05) is 6.92 Å². The molecule has 2 aromatic rings. The number of nitrogens with zero attached hydrogens (tertiary/aromatic N) is 3. The smallest absolute Gasteiger partial charge is 0.161 e. The molecule has 0 spiro atoms. The van der Waals surface area contributed by atoms with Gasteiger partial charge >= 0.3 is 0 Å². The highest BCUT2D eigenvalue weighted by Gasteiger charge is 2.17. The van der Waals surface area contributed by atoms with Crippen molar-refractivity contribution in [2.45, 2.75) is 13.3 Å². The first-order chi connectivity index (χ1) is 9.06.